The molecule has 1 saturated heterocycles. The Morgan fingerprint density at radius 1 is 1.55 bits per heavy atom. The summed E-state index contributed by atoms with van der Waals surface area (Å²) in [6, 6.07) is 1.08. The number of esters is 1. The van der Waals surface area contributed by atoms with Crippen molar-refractivity contribution in [2.75, 3.05) is 19.7 Å². The molecule has 1 unspecified atom stereocenters. The Labute approximate surface area is 128 Å². The molecule has 7 nitrogen and oxygen atoms in total. The van der Waals surface area contributed by atoms with Crippen LogP contribution in [-0.2, 0) is 22.7 Å². The van der Waals surface area contributed by atoms with E-state index in [4.69, 9.17) is 14.3 Å². The van der Waals surface area contributed by atoms with Crippen molar-refractivity contribution < 1.29 is 29.1 Å². The lowest BCUT2D eigenvalue weighted by Crippen LogP contribution is -3.12. The number of quaternary nitrogens is 1. The van der Waals surface area contributed by atoms with Crippen molar-refractivity contribution in [2.24, 2.45) is 5.92 Å². The number of carbonyl (C=O) groups excluding carboxylic acids is 1. The van der Waals surface area contributed by atoms with Crippen molar-refractivity contribution in [3.8, 4) is 5.75 Å². The van der Waals surface area contributed by atoms with Gasteiger partial charge in [0.15, 0.2) is 0 Å². The molecule has 3 N–H and O–H groups in total. The maximum atomic E-state index is 11.8. The van der Waals surface area contributed by atoms with Gasteiger partial charge in [-0.05, 0) is 19.8 Å². The highest BCUT2D eigenvalue weighted by atomic mass is 16.5. The normalized spacial score (nSPS) is 21.5. The molecule has 1 aliphatic heterocycles. The van der Waals surface area contributed by atoms with Gasteiger partial charge in [0, 0.05) is 6.07 Å². The van der Waals surface area contributed by atoms with E-state index in [1.54, 1.807) is 6.92 Å². The number of aromatic hydroxyl groups is 1. The number of ether oxygens (including phenoxy) is 1. The van der Waals surface area contributed by atoms with Crippen LogP contribution in [0.4, 0.5) is 0 Å². The molecular weight excluding hydrogens is 290 g/mol. The highest BCUT2D eigenvalue weighted by molar-refractivity contribution is 5.72. The minimum absolute atomic E-state index is 0.121. The Morgan fingerprint density at radius 3 is 3.00 bits per heavy atom. The number of piperidine rings is 1. The van der Waals surface area contributed by atoms with Gasteiger partial charge in [-0.3, -0.25) is 9.59 Å². The summed E-state index contributed by atoms with van der Waals surface area (Å²) in [6.45, 7) is 3.43. The maximum Gasteiger partial charge on any atom is 0.314 e. The molecule has 0 spiro atoms. The summed E-state index contributed by atoms with van der Waals surface area (Å²) in [5.74, 6) is -0.525. The third-order valence-electron chi connectivity index (χ3n) is 3.85. The third-order valence-corrected chi connectivity index (χ3v) is 3.85. The summed E-state index contributed by atoms with van der Waals surface area (Å²) in [6.07, 6.45) is 1.65. The van der Waals surface area contributed by atoms with E-state index in [1.807, 2.05) is 0 Å². The molecule has 0 bridgehead atoms. The Bertz CT molecular complexity index is 582. The summed E-state index contributed by atoms with van der Waals surface area (Å²) in [5.41, 5.74) is -0.566. The SMILES string of the molecule is CCOC(=O)[C@@H]1CCC[NH+](Cc2oc(CO)cc(=O)c2O)C1. The summed E-state index contributed by atoms with van der Waals surface area (Å²) in [4.78, 5) is 24.5. The largest absolute Gasteiger partial charge is 0.502 e. The van der Waals surface area contributed by atoms with Crippen molar-refractivity contribution in [1.29, 1.82) is 0 Å². The Balaban J connectivity index is 2.09. The zero-order valence-corrected chi connectivity index (χ0v) is 12.6. The van der Waals surface area contributed by atoms with Crippen LogP contribution in [0.25, 0.3) is 0 Å². The van der Waals surface area contributed by atoms with Gasteiger partial charge in [-0.25, -0.2) is 0 Å². The average Bonchev–Trinajstić information content (AvgIpc) is 2.52. The summed E-state index contributed by atoms with van der Waals surface area (Å²) >= 11 is 0. The fourth-order valence-electron chi connectivity index (χ4n) is 2.79. The van der Waals surface area contributed by atoms with Crippen LogP contribution in [0.15, 0.2) is 15.3 Å². The van der Waals surface area contributed by atoms with Crippen LogP contribution < -0.4 is 10.3 Å². The van der Waals surface area contributed by atoms with E-state index in [9.17, 15) is 14.7 Å². The fraction of sp³-hybridized carbons (Fsp3) is 0.600. The van der Waals surface area contributed by atoms with E-state index >= 15 is 0 Å². The second kappa shape index (κ2) is 7.42. The second-order valence-electron chi connectivity index (χ2n) is 5.48. The number of aliphatic hydroxyl groups is 1. The first-order valence-corrected chi connectivity index (χ1v) is 7.51. The van der Waals surface area contributed by atoms with Gasteiger partial charge in [-0.1, -0.05) is 0 Å². The van der Waals surface area contributed by atoms with Crippen LogP contribution in [0.2, 0.25) is 0 Å². The number of likely N-dealkylation sites (tertiary alicyclic amines) is 1. The van der Waals surface area contributed by atoms with Gasteiger partial charge in [0.1, 0.15) is 24.8 Å². The lowest BCUT2D eigenvalue weighted by atomic mass is 9.98. The number of hydrogen-bond donors (Lipinski definition) is 3. The maximum absolute atomic E-state index is 11.8. The van der Waals surface area contributed by atoms with Crippen LogP contribution >= 0.6 is 0 Å². The molecule has 0 amide bonds. The molecule has 2 heterocycles. The van der Waals surface area contributed by atoms with Gasteiger partial charge >= 0.3 is 5.97 Å². The number of nitrogens with one attached hydrogen (secondary N) is 1. The molecule has 0 saturated carbocycles. The molecule has 1 fully saturated rings. The Kier molecular flexibility index (Phi) is 5.57. The molecular formula is C15H22NO6+. The van der Waals surface area contributed by atoms with Gasteiger partial charge in [-0.15, -0.1) is 0 Å². The van der Waals surface area contributed by atoms with Gasteiger partial charge in [0.25, 0.3) is 0 Å². The van der Waals surface area contributed by atoms with E-state index < -0.39 is 17.8 Å². The van der Waals surface area contributed by atoms with Gasteiger partial charge in [-0.2, -0.15) is 0 Å². The first kappa shape index (κ1) is 16.5. The van der Waals surface area contributed by atoms with Gasteiger partial charge in [0.2, 0.25) is 16.9 Å². The van der Waals surface area contributed by atoms with Crippen molar-refractivity contribution in [1.82, 2.24) is 0 Å². The van der Waals surface area contributed by atoms with E-state index in [1.165, 1.54) is 0 Å². The number of rotatable bonds is 5. The average molecular weight is 312 g/mol. The number of carbonyl (C=O) groups is 1. The summed E-state index contributed by atoms with van der Waals surface area (Å²) in [7, 11) is 0. The zero-order chi connectivity index (χ0) is 16.1. The monoisotopic (exact) mass is 312 g/mol. The minimum Gasteiger partial charge on any atom is -0.502 e. The zero-order valence-electron chi connectivity index (χ0n) is 12.6. The second-order valence-corrected chi connectivity index (χ2v) is 5.48. The van der Waals surface area contributed by atoms with Gasteiger partial charge in [0.05, 0.1) is 19.7 Å². The molecule has 7 heteroatoms. The summed E-state index contributed by atoms with van der Waals surface area (Å²) in [5, 5.41) is 18.9. The topological polar surface area (TPSA) is 101 Å². The first-order chi connectivity index (χ1) is 10.5. The van der Waals surface area contributed by atoms with E-state index in [2.05, 4.69) is 0 Å². The molecule has 0 aliphatic carbocycles. The predicted molar refractivity (Wildman–Crippen MR) is 76.3 cm³/mol. The molecule has 2 atom stereocenters. The highest BCUT2D eigenvalue weighted by Gasteiger charge is 2.31. The molecule has 22 heavy (non-hydrogen) atoms. The van der Waals surface area contributed by atoms with Crippen LogP contribution in [0.1, 0.15) is 31.3 Å². The van der Waals surface area contributed by atoms with E-state index in [0.717, 1.165) is 30.4 Å². The molecule has 1 aromatic rings. The standard InChI is InChI=1S/C15H21NO6/c1-2-21-15(20)10-4-3-5-16(7-10)8-13-14(19)12(18)6-11(9-17)22-13/h6,10,17,19H,2-5,7-9H2,1H3/p+1/t10-/m1/s1. The molecule has 122 valence electrons. The lowest BCUT2D eigenvalue weighted by Gasteiger charge is -2.28. The Morgan fingerprint density at radius 2 is 2.32 bits per heavy atom. The van der Waals surface area contributed by atoms with E-state index in [-0.39, 0.29) is 23.4 Å². The van der Waals surface area contributed by atoms with E-state index in [0.29, 0.717) is 19.7 Å². The fourth-order valence-corrected chi connectivity index (χ4v) is 2.79. The van der Waals surface area contributed by atoms with Crippen molar-refractivity contribution >= 4 is 5.97 Å². The molecule has 2 rings (SSSR count). The molecule has 1 aromatic heterocycles. The van der Waals surface area contributed by atoms with Crippen LogP contribution in [0, 0.1) is 5.92 Å². The predicted octanol–water partition coefficient (Wildman–Crippen LogP) is -0.804. The van der Waals surface area contributed by atoms with Crippen LogP contribution in [0.3, 0.4) is 0 Å². The smallest absolute Gasteiger partial charge is 0.314 e. The van der Waals surface area contributed by atoms with Crippen molar-refractivity contribution in [3.63, 3.8) is 0 Å². The first-order valence-electron chi connectivity index (χ1n) is 7.51. The van der Waals surface area contributed by atoms with Crippen LogP contribution in [-0.4, -0.2) is 35.9 Å². The summed E-state index contributed by atoms with van der Waals surface area (Å²) < 4.78 is 10.4. The van der Waals surface area contributed by atoms with Crippen LogP contribution in [0.5, 0.6) is 5.75 Å². The lowest BCUT2D eigenvalue weighted by molar-refractivity contribution is -0.922. The minimum atomic E-state index is -0.566. The van der Waals surface area contributed by atoms with Crippen molar-refractivity contribution in [2.45, 2.75) is 32.9 Å². The quantitative estimate of drug-likeness (QED) is 0.615. The van der Waals surface area contributed by atoms with Crippen molar-refractivity contribution in [3.05, 3.63) is 27.8 Å². The molecule has 0 aromatic carbocycles. The molecule has 0 radical (unpaired) electrons. The highest BCUT2D eigenvalue weighted by Crippen LogP contribution is 2.14. The number of hydrogen-bond acceptors (Lipinski definition) is 6. The van der Waals surface area contributed by atoms with Gasteiger partial charge < -0.3 is 24.3 Å². The number of aliphatic hydroxyl groups excluding tert-OH is 1. The molecule has 1 aliphatic rings. The third kappa shape index (κ3) is 3.86. The Hall–Kier alpha value is -1.86.